The van der Waals surface area contributed by atoms with Gasteiger partial charge in [-0.3, -0.25) is 14.0 Å². The second-order valence-electron chi connectivity index (χ2n) is 4.05. The third kappa shape index (κ3) is 15.2. The summed E-state index contributed by atoms with van der Waals surface area (Å²) < 4.78 is 62.1. The Morgan fingerprint density at radius 2 is 1.79 bits per heavy atom. The van der Waals surface area contributed by atoms with Crippen LogP contribution in [0.2, 0.25) is 0 Å². The van der Waals surface area contributed by atoms with E-state index in [0.29, 0.717) is 6.42 Å². The number of rotatable bonds is 5. The first kappa shape index (κ1) is 18.3. The van der Waals surface area contributed by atoms with Gasteiger partial charge in [-0.05, 0) is 12.8 Å². The fraction of sp³-hybridized carbons (Fsp3) is 0.750. The van der Waals surface area contributed by atoms with Crippen LogP contribution in [0.5, 0.6) is 0 Å². The smallest absolute Gasteiger partial charge is 0.264 e. The van der Waals surface area contributed by atoms with Crippen molar-refractivity contribution in [1.82, 2.24) is 4.90 Å². The molecule has 19 heavy (non-hydrogen) atoms. The molecule has 1 unspecified atom stereocenters. The normalized spacial score (nSPS) is 19.2. The molecule has 0 aromatic heterocycles. The van der Waals surface area contributed by atoms with Crippen molar-refractivity contribution < 1.29 is 35.4 Å². The van der Waals surface area contributed by atoms with Crippen molar-refractivity contribution in [3.8, 4) is 0 Å². The fourth-order valence-corrected chi connectivity index (χ4v) is 1.98. The minimum absolute atomic E-state index is 0.132. The molecular weight excluding hydrogens is 300 g/mol. The summed E-state index contributed by atoms with van der Waals surface area (Å²) in [6.45, 7) is 1.79. The summed E-state index contributed by atoms with van der Waals surface area (Å²) in [6, 6.07) is 0. The first-order valence-electron chi connectivity index (χ1n) is 5.35. The van der Waals surface area contributed by atoms with E-state index in [1.165, 1.54) is 4.90 Å². The molecule has 1 aliphatic heterocycles. The third-order valence-electron chi connectivity index (χ3n) is 2.12. The monoisotopic (exact) mass is 318 g/mol. The fourth-order valence-electron chi connectivity index (χ4n) is 1.41. The molecule has 114 valence electrons. The summed E-state index contributed by atoms with van der Waals surface area (Å²) in [6.07, 6.45) is 5.38. The van der Waals surface area contributed by atoms with E-state index < -0.39 is 20.5 Å². The number of quaternary nitrogens is 1. The lowest BCUT2D eigenvalue weighted by Gasteiger charge is -2.13. The Bertz CT molecular complexity index is 477. The quantitative estimate of drug-likeness (QED) is 0.298. The minimum Gasteiger partial charge on any atom is -0.726 e. The van der Waals surface area contributed by atoms with Crippen LogP contribution in [0.4, 0.5) is 0 Å². The van der Waals surface area contributed by atoms with Crippen LogP contribution >= 0.6 is 0 Å². The van der Waals surface area contributed by atoms with E-state index in [1.54, 1.807) is 0 Å². The highest BCUT2D eigenvalue weighted by atomic mass is 32.3. The van der Waals surface area contributed by atoms with Crippen molar-refractivity contribution in [2.45, 2.75) is 12.8 Å². The lowest BCUT2D eigenvalue weighted by Crippen LogP contribution is -3.03. The maximum absolute atomic E-state index is 10.4. The van der Waals surface area contributed by atoms with Crippen molar-refractivity contribution >= 4 is 20.5 Å². The molecule has 0 spiro atoms. The molecule has 0 saturated heterocycles. The van der Waals surface area contributed by atoms with Crippen molar-refractivity contribution in [1.29, 1.82) is 0 Å². The summed E-state index contributed by atoms with van der Waals surface area (Å²) >= 11 is 0. The summed E-state index contributed by atoms with van der Waals surface area (Å²) in [5.74, 6) is -0.132. The summed E-state index contributed by atoms with van der Waals surface area (Å²) in [5.41, 5.74) is 0. The van der Waals surface area contributed by atoms with E-state index in [9.17, 15) is 8.42 Å². The highest BCUT2D eigenvalue weighted by molar-refractivity contribution is 7.85. The maximum Gasteiger partial charge on any atom is 0.264 e. The van der Waals surface area contributed by atoms with E-state index in [1.807, 2.05) is 6.20 Å². The summed E-state index contributed by atoms with van der Waals surface area (Å²) in [5, 5.41) is 0. The first-order chi connectivity index (χ1) is 8.47. The van der Waals surface area contributed by atoms with E-state index in [0.717, 1.165) is 19.6 Å². The molecule has 0 radical (unpaired) electrons. The van der Waals surface area contributed by atoms with Gasteiger partial charge in [0.25, 0.3) is 10.1 Å². The second kappa shape index (κ2) is 7.77. The molecule has 9 nitrogen and oxygen atoms in total. The van der Waals surface area contributed by atoms with Crippen molar-refractivity contribution in [2.75, 3.05) is 26.0 Å². The lowest BCUT2D eigenvalue weighted by molar-refractivity contribution is -0.826. The predicted molar refractivity (Wildman–Crippen MR) is 65.6 cm³/mol. The Morgan fingerprint density at radius 3 is 2.16 bits per heavy atom. The largest absolute Gasteiger partial charge is 0.726 e. The molecule has 0 aliphatic carbocycles. The van der Waals surface area contributed by atoms with Crippen LogP contribution in [0, 0.1) is 0 Å². The van der Waals surface area contributed by atoms with Gasteiger partial charge in [0.1, 0.15) is 6.20 Å². The van der Waals surface area contributed by atoms with Crippen LogP contribution in [0.1, 0.15) is 12.8 Å². The maximum atomic E-state index is 10.4. The molecule has 1 heterocycles. The van der Waals surface area contributed by atoms with Gasteiger partial charge in [0.15, 0.2) is 6.67 Å². The van der Waals surface area contributed by atoms with Crippen molar-refractivity contribution in [3.63, 3.8) is 0 Å². The molecule has 0 aromatic rings. The summed E-state index contributed by atoms with van der Waals surface area (Å²) in [4.78, 5) is 3.46. The molecule has 3 N–H and O–H groups in total. The molecule has 1 aliphatic rings. The number of hydrogen-bond donors (Lipinski definition) is 3. The molecule has 0 bridgehead atoms. The van der Waals surface area contributed by atoms with Gasteiger partial charge in [-0.2, -0.15) is 8.42 Å². The van der Waals surface area contributed by atoms with Crippen LogP contribution in [-0.2, 0) is 20.5 Å². The zero-order chi connectivity index (χ0) is 15.1. The molecule has 1 atom stereocenters. The lowest BCUT2D eigenvalue weighted by atomic mass is 10.3. The Labute approximate surface area is 112 Å². The number of unbranched alkanes of at least 4 members (excludes halogenated alkanes) is 1. The summed E-state index contributed by atoms with van der Waals surface area (Å²) in [7, 11) is -6.62. The Morgan fingerprint density at radius 1 is 1.26 bits per heavy atom. The predicted octanol–water partition coefficient (Wildman–Crippen LogP) is -2.08. The van der Waals surface area contributed by atoms with Crippen molar-refractivity contribution in [3.05, 3.63) is 12.4 Å². The van der Waals surface area contributed by atoms with Gasteiger partial charge in [-0.1, -0.05) is 0 Å². The molecular formula is C8H18N2O7S2. The number of nitrogens with one attached hydrogen (secondary N) is 1. The van der Waals surface area contributed by atoms with Crippen LogP contribution in [0.15, 0.2) is 12.4 Å². The van der Waals surface area contributed by atoms with Gasteiger partial charge in [0.2, 0.25) is 10.4 Å². The molecule has 1 rings (SSSR count). The Kier molecular flexibility index (Phi) is 7.47. The minimum atomic E-state index is -4.92. The highest BCUT2D eigenvalue weighted by Crippen LogP contribution is 1.98. The Hall–Kier alpha value is -0.720. The highest BCUT2D eigenvalue weighted by Gasteiger charge is 2.12. The average molecular weight is 318 g/mol. The van der Waals surface area contributed by atoms with E-state index in [-0.39, 0.29) is 5.75 Å². The van der Waals surface area contributed by atoms with E-state index >= 15 is 0 Å². The van der Waals surface area contributed by atoms with Gasteiger partial charge in [-0.15, -0.1) is 0 Å². The van der Waals surface area contributed by atoms with Gasteiger partial charge in [0.05, 0.1) is 19.0 Å². The second-order valence-corrected chi connectivity index (χ2v) is 6.48. The van der Waals surface area contributed by atoms with E-state index in [2.05, 4.69) is 18.1 Å². The van der Waals surface area contributed by atoms with Gasteiger partial charge in [-0.25, -0.2) is 8.42 Å². The van der Waals surface area contributed by atoms with Gasteiger partial charge in [0, 0.05) is 6.54 Å². The first-order valence-corrected chi connectivity index (χ1v) is 8.33. The zero-order valence-electron chi connectivity index (χ0n) is 10.4. The van der Waals surface area contributed by atoms with Crippen LogP contribution in [0.3, 0.4) is 0 Å². The van der Waals surface area contributed by atoms with E-state index in [4.69, 9.17) is 22.1 Å². The van der Waals surface area contributed by atoms with Crippen LogP contribution in [0.25, 0.3) is 0 Å². The van der Waals surface area contributed by atoms with Gasteiger partial charge >= 0.3 is 0 Å². The molecule has 0 amide bonds. The number of nitrogens with zero attached hydrogens (tertiary/aromatic N) is 1. The van der Waals surface area contributed by atoms with Gasteiger partial charge < -0.3 is 9.45 Å². The molecule has 0 fully saturated rings. The van der Waals surface area contributed by atoms with Crippen LogP contribution in [-0.4, -0.2) is 61.4 Å². The number of hydrogen-bond acceptors (Lipinski definition) is 6. The molecule has 0 saturated carbocycles. The molecule has 11 heteroatoms. The third-order valence-corrected chi connectivity index (χ3v) is 2.92. The van der Waals surface area contributed by atoms with Crippen molar-refractivity contribution in [2.24, 2.45) is 0 Å². The topological polar surface area (TPSA) is 139 Å². The average Bonchev–Trinajstić information content (AvgIpc) is 2.55. The zero-order valence-corrected chi connectivity index (χ0v) is 12.0. The molecule has 0 aromatic carbocycles. The Balaban J connectivity index is 0.000000555. The van der Waals surface area contributed by atoms with Crippen LogP contribution < -0.4 is 4.90 Å². The SMILES string of the molecule is C[NH+]1C=CN(CCCCS(=O)(=O)O)C1.O=S(=O)([O-])O. The standard InChI is InChI=1S/C8H16N2O3S.H2O4S/c1-9-5-6-10(8-9)4-2-3-7-14(11,12)13;1-5(2,3)4/h5-6H,2-4,7-8H2,1H3,(H,11,12,13);(H2,1,2,3,4).